The third-order valence-corrected chi connectivity index (χ3v) is 2.43. The molecule has 0 N–H and O–H groups in total. The first-order valence-electron chi connectivity index (χ1n) is 5.09. The second-order valence-corrected chi connectivity index (χ2v) is 3.63. The van der Waals surface area contributed by atoms with Gasteiger partial charge in [-0.05, 0) is 19.1 Å². The molecule has 0 amide bonds. The predicted octanol–water partition coefficient (Wildman–Crippen LogP) is 2.10. The van der Waals surface area contributed by atoms with Crippen LogP contribution in [0.4, 0.5) is 0 Å². The van der Waals surface area contributed by atoms with Crippen molar-refractivity contribution in [3.8, 4) is 11.4 Å². The average molecular weight is 210 g/mol. The van der Waals surface area contributed by atoms with Crippen LogP contribution in [0, 0.1) is 6.92 Å². The highest BCUT2D eigenvalue weighted by molar-refractivity contribution is 5.58. The molecular weight excluding hydrogens is 200 g/mol. The van der Waals surface area contributed by atoms with E-state index in [1.807, 2.05) is 49.4 Å². The molecular formula is C12H10N4. The fourth-order valence-corrected chi connectivity index (χ4v) is 1.65. The summed E-state index contributed by atoms with van der Waals surface area (Å²) in [5.41, 5.74) is 2.74. The van der Waals surface area contributed by atoms with E-state index in [0.717, 1.165) is 22.7 Å². The van der Waals surface area contributed by atoms with Crippen LogP contribution in [0.5, 0.6) is 0 Å². The standard InChI is InChI=1S/C12H10N4/c1-9-7-8-11-13-14-12(16(11)15-9)10-5-3-2-4-6-10/h2-8H,1H3. The summed E-state index contributed by atoms with van der Waals surface area (Å²) in [5.74, 6) is 0.777. The maximum Gasteiger partial charge on any atom is 0.185 e. The lowest BCUT2D eigenvalue weighted by Crippen LogP contribution is -1.96. The third-order valence-electron chi connectivity index (χ3n) is 2.43. The quantitative estimate of drug-likeness (QED) is 0.617. The van der Waals surface area contributed by atoms with E-state index in [-0.39, 0.29) is 0 Å². The Hall–Kier alpha value is -2.23. The van der Waals surface area contributed by atoms with Crippen LogP contribution in [0.1, 0.15) is 5.69 Å². The van der Waals surface area contributed by atoms with E-state index in [0.29, 0.717) is 0 Å². The number of aromatic nitrogens is 4. The molecule has 0 bridgehead atoms. The molecule has 0 aliphatic carbocycles. The Bertz CT molecular complexity index is 628. The van der Waals surface area contributed by atoms with E-state index in [9.17, 15) is 0 Å². The van der Waals surface area contributed by atoms with Crippen molar-refractivity contribution in [1.82, 2.24) is 19.8 Å². The normalized spacial score (nSPS) is 10.8. The SMILES string of the molecule is Cc1ccc2nnc(-c3ccccc3)n2n1. The van der Waals surface area contributed by atoms with Crippen LogP contribution in [0.3, 0.4) is 0 Å². The maximum atomic E-state index is 4.40. The van der Waals surface area contributed by atoms with Crippen molar-refractivity contribution in [2.75, 3.05) is 0 Å². The van der Waals surface area contributed by atoms with Crippen molar-refractivity contribution in [3.63, 3.8) is 0 Å². The summed E-state index contributed by atoms with van der Waals surface area (Å²) in [6, 6.07) is 13.8. The summed E-state index contributed by atoms with van der Waals surface area (Å²) in [6.07, 6.45) is 0. The van der Waals surface area contributed by atoms with Gasteiger partial charge in [0.25, 0.3) is 0 Å². The van der Waals surface area contributed by atoms with Gasteiger partial charge in [-0.3, -0.25) is 0 Å². The van der Waals surface area contributed by atoms with E-state index < -0.39 is 0 Å². The van der Waals surface area contributed by atoms with Gasteiger partial charge in [0, 0.05) is 5.56 Å². The van der Waals surface area contributed by atoms with Gasteiger partial charge in [-0.25, -0.2) is 0 Å². The summed E-state index contributed by atoms with van der Waals surface area (Å²) >= 11 is 0. The van der Waals surface area contributed by atoms with Crippen molar-refractivity contribution in [2.45, 2.75) is 6.92 Å². The van der Waals surface area contributed by atoms with Gasteiger partial charge in [0.2, 0.25) is 0 Å². The molecule has 3 aromatic rings. The van der Waals surface area contributed by atoms with Gasteiger partial charge >= 0.3 is 0 Å². The Kier molecular flexibility index (Phi) is 1.93. The second-order valence-electron chi connectivity index (χ2n) is 3.63. The molecule has 0 saturated carbocycles. The summed E-state index contributed by atoms with van der Waals surface area (Å²) < 4.78 is 1.77. The molecule has 4 nitrogen and oxygen atoms in total. The number of benzene rings is 1. The first-order valence-corrected chi connectivity index (χ1v) is 5.09. The Morgan fingerprint density at radius 2 is 1.75 bits per heavy atom. The van der Waals surface area contributed by atoms with Gasteiger partial charge in [0.1, 0.15) is 0 Å². The number of fused-ring (bicyclic) bond motifs is 1. The Labute approximate surface area is 92.6 Å². The molecule has 1 aromatic carbocycles. The molecule has 0 aliphatic rings. The lowest BCUT2D eigenvalue weighted by molar-refractivity contribution is 0.902. The second kappa shape index (κ2) is 3.41. The minimum absolute atomic E-state index is 0.768. The highest BCUT2D eigenvalue weighted by Crippen LogP contribution is 2.16. The molecule has 16 heavy (non-hydrogen) atoms. The van der Waals surface area contributed by atoms with Crippen LogP contribution in [-0.4, -0.2) is 19.8 Å². The monoisotopic (exact) mass is 210 g/mol. The molecule has 4 heteroatoms. The highest BCUT2D eigenvalue weighted by Gasteiger charge is 2.07. The first kappa shape index (κ1) is 9.03. The summed E-state index contributed by atoms with van der Waals surface area (Å²) in [4.78, 5) is 0. The zero-order valence-corrected chi connectivity index (χ0v) is 8.83. The van der Waals surface area contributed by atoms with Crippen LogP contribution in [-0.2, 0) is 0 Å². The van der Waals surface area contributed by atoms with Gasteiger partial charge in [-0.15, -0.1) is 10.2 Å². The molecule has 0 radical (unpaired) electrons. The molecule has 0 atom stereocenters. The largest absolute Gasteiger partial charge is 0.193 e. The van der Waals surface area contributed by atoms with E-state index in [1.165, 1.54) is 0 Å². The number of hydrogen-bond acceptors (Lipinski definition) is 3. The molecule has 0 fully saturated rings. The zero-order valence-electron chi connectivity index (χ0n) is 8.83. The fourth-order valence-electron chi connectivity index (χ4n) is 1.65. The van der Waals surface area contributed by atoms with E-state index >= 15 is 0 Å². The topological polar surface area (TPSA) is 43.1 Å². The van der Waals surface area contributed by atoms with Crippen molar-refractivity contribution in [1.29, 1.82) is 0 Å². The lowest BCUT2D eigenvalue weighted by Gasteiger charge is -1.99. The van der Waals surface area contributed by atoms with E-state index in [2.05, 4.69) is 15.3 Å². The molecule has 0 saturated heterocycles. The van der Waals surface area contributed by atoms with Crippen molar-refractivity contribution in [3.05, 3.63) is 48.2 Å². The van der Waals surface area contributed by atoms with Crippen molar-refractivity contribution in [2.24, 2.45) is 0 Å². The van der Waals surface area contributed by atoms with Crippen LogP contribution in [0.15, 0.2) is 42.5 Å². The Morgan fingerprint density at radius 1 is 0.938 bits per heavy atom. The summed E-state index contributed by atoms with van der Waals surface area (Å²) in [7, 11) is 0. The number of aryl methyl sites for hydroxylation is 1. The minimum atomic E-state index is 0.768. The van der Waals surface area contributed by atoms with Crippen LogP contribution in [0.2, 0.25) is 0 Å². The maximum absolute atomic E-state index is 4.40. The average Bonchev–Trinajstić information content (AvgIpc) is 2.73. The van der Waals surface area contributed by atoms with Gasteiger partial charge in [-0.2, -0.15) is 9.61 Å². The Balaban J connectivity index is 2.29. The molecule has 3 rings (SSSR count). The van der Waals surface area contributed by atoms with Gasteiger partial charge in [0.15, 0.2) is 11.5 Å². The van der Waals surface area contributed by atoms with Gasteiger partial charge in [0.05, 0.1) is 5.69 Å². The zero-order chi connectivity index (χ0) is 11.0. The number of nitrogens with zero attached hydrogens (tertiary/aromatic N) is 4. The van der Waals surface area contributed by atoms with Gasteiger partial charge in [-0.1, -0.05) is 30.3 Å². The Morgan fingerprint density at radius 3 is 2.56 bits per heavy atom. The van der Waals surface area contributed by atoms with Crippen LogP contribution in [0.25, 0.3) is 17.0 Å². The van der Waals surface area contributed by atoms with Crippen LogP contribution >= 0.6 is 0 Å². The smallest absolute Gasteiger partial charge is 0.185 e. The summed E-state index contributed by atoms with van der Waals surface area (Å²) in [5, 5.41) is 12.6. The van der Waals surface area contributed by atoms with Crippen LogP contribution < -0.4 is 0 Å². The van der Waals surface area contributed by atoms with E-state index in [1.54, 1.807) is 4.52 Å². The minimum Gasteiger partial charge on any atom is -0.193 e. The molecule has 2 heterocycles. The molecule has 0 unspecified atom stereocenters. The molecule has 78 valence electrons. The number of rotatable bonds is 1. The van der Waals surface area contributed by atoms with Gasteiger partial charge < -0.3 is 0 Å². The molecule has 2 aromatic heterocycles. The van der Waals surface area contributed by atoms with Crippen molar-refractivity contribution >= 4 is 5.65 Å². The van der Waals surface area contributed by atoms with Crippen molar-refractivity contribution < 1.29 is 0 Å². The fraction of sp³-hybridized carbons (Fsp3) is 0.0833. The summed E-state index contributed by atoms with van der Waals surface area (Å²) in [6.45, 7) is 1.95. The molecule has 0 aliphatic heterocycles. The first-order chi connectivity index (χ1) is 7.84. The predicted molar refractivity (Wildman–Crippen MR) is 61.0 cm³/mol. The highest BCUT2D eigenvalue weighted by atomic mass is 15.4. The lowest BCUT2D eigenvalue weighted by atomic mass is 10.2. The molecule has 0 spiro atoms. The third kappa shape index (κ3) is 1.35. The number of hydrogen-bond donors (Lipinski definition) is 0. The van der Waals surface area contributed by atoms with E-state index in [4.69, 9.17) is 0 Å².